The average molecular weight is 423 g/mol. The van der Waals surface area contributed by atoms with Gasteiger partial charge < -0.3 is 19.1 Å². The molecule has 0 aromatic heterocycles. The molecule has 2 aliphatic rings. The van der Waals surface area contributed by atoms with Crippen molar-refractivity contribution in [2.24, 2.45) is 0 Å². The summed E-state index contributed by atoms with van der Waals surface area (Å²) >= 11 is 0. The number of rotatable bonds is 5. The van der Waals surface area contributed by atoms with Gasteiger partial charge in [0.25, 0.3) is 6.47 Å². The molecule has 0 N–H and O–H groups in total. The Morgan fingerprint density at radius 3 is 2.43 bits per heavy atom. The van der Waals surface area contributed by atoms with Crippen LogP contribution in [0.5, 0.6) is 0 Å². The Kier molecular flexibility index (Phi) is 7.14. The fourth-order valence-electron chi connectivity index (χ4n) is 3.77. The molecular weight excluding hydrogens is 393 g/mol. The SMILES string of the molecule is CC(C)(C)OC(=O)N1CCOC[C@@H]1C(OC=O)N1CCN(c2ccc(F)cc2)CC1. The van der Waals surface area contributed by atoms with Gasteiger partial charge in [0.1, 0.15) is 17.5 Å². The van der Waals surface area contributed by atoms with Gasteiger partial charge in [0.2, 0.25) is 0 Å². The van der Waals surface area contributed by atoms with E-state index in [4.69, 9.17) is 14.2 Å². The highest BCUT2D eigenvalue weighted by molar-refractivity contribution is 5.69. The second-order valence-corrected chi connectivity index (χ2v) is 8.44. The van der Waals surface area contributed by atoms with E-state index >= 15 is 0 Å². The first-order valence-corrected chi connectivity index (χ1v) is 10.2. The molecule has 1 amide bonds. The molecule has 9 heteroatoms. The second kappa shape index (κ2) is 9.61. The van der Waals surface area contributed by atoms with E-state index in [0.717, 1.165) is 5.69 Å². The first kappa shape index (κ1) is 22.3. The molecule has 1 unspecified atom stereocenters. The Hall–Kier alpha value is -2.39. The number of carbonyl (C=O) groups is 2. The molecule has 2 saturated heterocycles. The zero-order valence-electron chi connectivity index (χ0n) is 17.8. The minimum atomic E-state index is -0.634. The number of hydrogen-bond acceptors (Lipinski definition) is 7. The van der Waals surface area contributed by atoms with Crippen molar-refractivity contribution in [3.63, 3.8) is 0 Å². The Labute approximate surface area is 176 Å². The third-order valence-corrected chi connectivity index (χ3v) is 5.18. The van der Waals surface area contributed by atoms with E-state index in [-0.39, 0.29) is 12.4 Å². The van der Waals surface area contributed by atoms with Crippen molar-refractivity contribution in [1.82, 2.24) is 9.80 Å². The van der Waals surface area contributed by atoms with Gasteiger partial charge in [-0.05, 0) is 45.0 Å². The number of ether oxygens (including phenoxy) is 3. The Morgan fingerprint density at radius 2 is 1.83 bits per heavy atom. The summed E-state index contributed by atoms with van der Waals surface area (Å²) < 4.78 is 29.8. The van der Waals surface area contributed by atoms with Crippen LogP contribution in [0.1, 0.15) is 20.8 Å². The van der Waals surface area contributed by atoms with Gasteiger partial charge in [-0.25, -0.2) is 9.18 Å². The molecule has 166 valence electrons. The smallest absolute Gasteiger partial charge is 0.410 e. The quantitative estimate of drug-likeness (QED) is 0.672. The molecule has 2 heterocycles. The zero-order chi connectivity index (χ0) is 21.7. The first-order chi connectivity index (χ1) is 14.3. The molecule has 3 rings (SSSR count). The van der Waals surface area contributed by atoms with Gasteiger partial charge in [-0.15, -0.1) is 0 Å². The summed E-state index contributed by atoms with van der Waals surface area (Å²) in [6.45, 7) is 9.50. The third kappa shape index (κ3) is 5.60. The van der Waals surface area contributed by atoms with Crippen LogP contribution in [0, 0.1) is 5.82 Å². The van der Waals surface area contributed by atoms with Gasteiger partial charge in [0.15, 0.2) is 6.23 Å². The average Bonchev–Trinajstić information content (AvgIpc) is 2.72. The van der Waals surface area contributed by atoms with Gasteiger partial charge in [-0.2, -0.15) is 0 Å². The zero-order valence-corrected chi connectivity index (χ0v) is 17.8. The summed E-state index contributed by atoms with van der Waals surface area (Å²) in [5.74, 6) is -0.267. The van der Waals surface area contributed by atoms with Crippen molar-refractivity contribution in [2.75, 3.05) is 50.8 Å². The monoisotopic (exact) mass is 423 g/mol. The number of anilines is 1. The molecule has 1 aromatic carbocycles. The lowest BCUT2D eigenvalue weighted by Crippen LogP contribution is -2.63. The molecule has 2 aliphatic heterocycles. The Bertz CT molecular complexity index is 716. The molecule has 2 fully saturated rings. The largest absolute Gasteiger partial charge is 0.446 e. The summed E-state index contributed by atoms with van der Waals surface area (Å²) in [5, 5.41) is 0. The lowest BCUT2D eigenvalue weighted by molar-refractivity contribution is -0.161. The summed E-state index contributed by atoms with van der Waals surface area (Å²) in [7, 11) is 0. The standard InChI is InChI=1S/C21H30FN3O5/c1-21(2,3)30-20(27)25-12-13-28-14-18(25)19(29-15-26)24-10-8-23(9-11-24)17-6-4-16(22)5-7-17/h4-7,15,18-19H,8-14H2,1-3H3/t18-,19?/m1/s1. The van der Waals surface area contributed by atoms with Crippen molar-refractivity contribution in [1.29, 1.82) is 0 Å². The summed E-state index contributed by atoms with van der Waals surface area (Å²) in [6.07, 6.45) is -1.08. The van der Waals surface area contributed by atoms with Crippen molar-refractivity contribution in [3.05, 3.63) is 30.1 Å². The van der Waals surface area contributed by atoms with E-state index in [1.54, 1.807) is 17.0 Å². The number of amides is 1. The van der Waals surface area contributed by atoms with Crippen molar-refractivity contribution >= 4 is 18.3 Å². The third-order valence-electron chi connectivity index (χ3n) is 5.18. The molecule has 2 atom stereocenters. The maximum atomic E-state index is 13.2. The molecular formula is C21H30FN3O5. The number of hydrogen-bond donors (Lipinski definition) is 0. The number of benzene rings is 1. The van der Waals surface area contributed by atoms with E-state index in [1.807, 2.05) is 25.7 Å². The first-order valence-electron chi connectivity index (χ1n) is 10.2. The normalized spacial score (nSPS) is 21.8. The van der Waals surface area contributed by atoms with E-state index in [9.17, 15) is 14.0 Å². The Balaban J connectivity index is 1.68. The maximum absolute atomic E-state index is 13.2. The maximum Gasteiger partial charge on any atom is 0.410 e. The Morgan fingerprint density at radius 1 is 1.17 bits per heavy atom. The number of halogens is 1. The highest BCUT2D eigenvalue weighted by Crippen LogP contribution is 2.23. The highest BCUT2D eigenvalue weighted by atomic mass is 19.1. The van der Waals surface area contributed by atoms with Gasteiger partial charge >= 0.3 is 6.09 Å². The molecule has 1 aromatic rings. The van der Waals surface area contributed by atoms with Crippen LogP contribution in [0.25, 0.3) is 0 Å². The molecule has 0 radical (unpaired) electrons. The summed E-state index contributed by atoms with van der Waals surface area (Å²) in [4.78, 5) is 29.8. The minimum Gasteiger partial charge on any atom is -0.446 e. The van der Waals surface area contributed by atoms with Crippen LogP contribution in [-0.2, 0) is 19.0 Å². The van der Waals surface area contributed by atoms with Crippen molar-refractivity contribution < 1.29 is 28.2 Å². The van der Waals surface area contributed by atoms with Crippen LogP contribution in [-0.4, -0.2) is 86.2 Å². The van der Waals surface area contributed by atoms with Crippen LogP contribution >= 0.6 is 0 Å². The number of piperazine rings is 1. The molecule has 30 heavy (non-hydrogen) atoms. The lowest BCUT2D eigenvalue weighted by Gasteiger charge is -2.45. The van der Waals surface area contributed by atoms with E-state index in [2.05, 4.69) is 4.90 Å². The van der Waals surface area contributed by atoms with Crippen LogP contribution in [0.2, 0.25) is 0 Å². The number of morpholine rings is 1. The second-order valence-electron chi connectivity index (χ2n) is 8.44. The molecule has 8 nitrogen and oxygen atoms in total. The van der Waals surface area contributed by atoms with Gasteiger partial charge in [-0.3, -0.25) is 14.6 Å². The molecule has 0 bridgehead atoms. The van der Waals surface area contributed by atoms with Crippen LogP contribution in [0.15, 0.2) is 24.3 Å². The van der Waals surface area contributed by atoms with Crippen molar-refractivity contribution in [2.45, 2.75) is 38.6 Å². The number of carbonyl (C=O) groups excluding carboxylic acids is 2. The van der Waals surface area contributed by atoms with Crippen LogP contribution in [0.3, 0.4) is 0 Å². The summed E-state index contributed by atoms with van der Waals surface area (Å²) in [6, 6.07) is 5.93. The van der Waals surface area contributed by atoms with Gasteiger partial charge in [0.05, 0.1) is 13.2 Å². The predicted molar refractivity (Wildman–Crippen MR) is 109 cm³/mol. The molecule has 0 spiro atoms. The molecule has 0 aliphatic carbocycles. The minimum absolute atomic E-state index is 0.260. The number of nitrogens with zero attached hydrogens (tertiary/aromatic N) is 3. The lowest BCUT2D eigenvalue weighted by atomic mass is 10.1. The van der Waals surface area contributed by atoms with Crippen LogP contribution < -0.4 is 4.90 Å². The fourth-order valence-corrected chi connectivity index (χ4v) is 3.77. The highest BCUT2D eigenvalue weighted by Gasteiger charge is 2.40. The molecule has 0 saturated carbocycles. The fraction of sp³-hybridized carbons (Fsp3) is 0.619. The van der Waals surface area contributed by atoms with Crippen molar-refractivity contribution in [3.8, 4) is 0 Å². The van der Waals surface area contributed by atoms with Gasteiger partial charge in [-0.1, -0.05) is 0 Å². The summed E-state index contributed by atoms with van der Waals surface area (Å²) in [5.41, 5.74) is 0.321. The van der Waals surface area contributed by atoms with Gasteiger partial charge in [0, 0.05) is 38.4 Å². The van der Waals surface area contributed by atoms with E-state index in [1.165, 1.54) is 12.1 Å². The van der Waals surface area contributed by atoms with E-state index < -0.39 is 24.0 Å². The van der Waals surface area contributed by atoms with Crippen LogP contribution in [0.4, 0.5) is 14.9 Å². The van der Waals surface area contributed by atoms with E-state index in [0.29, 0.717) is 45.8 Å². The predicted octanol–water partition coefficient (Wildman–Crippen LogP) is 2.08. The topological polar surface area (TPSA) is 71.5 Å².